The van der Waals surface area contributed by atoms with E-state index in [0.717, 1.165) is 120 Å². The van der Waals surface area contributed by atoms with Crippen LogP contribution in [0.1, 0.15) is 337 Å². The molecule has 6 atom stereocenters. The number of hydrogen-bond donors (Lipinski definition) is 3. The zero-order valence-corrected chi connectivity index (χ0v) is 58.3. The van der Waals surface area contributed by atoms with Crippen LogP contribution in [0, 0.1) is 17.8 Å². The van der Waals surface area contributed by atoms with Crippen molar-refractivity contribution in [2.45, 2.75) is 356 Å². The first-order valence-corrected chi connectivity index (χ1v) is 38.4. The summed E-state index contributed by atoms with van der Waals surface area (Å²) in [6.07, 6.45) is 41.8. The van der Waals surface area contributed by atoms with Crippen molar-refractivity contribution in [3.8, 4) is 0 Å². The summed E-state index contributed by atoms with van der Waals surface area (Å²) in [5.41, 5.74) is 0. The largest absolute Gasteiger partial charge is 0.472 e. The normalized spacial score (nSPS) is 14.6. The molecule has 3 N–H and O–H groups in total. The van der Waals surface area contributed by atoms with Crippen LogP contribution < -0.4 is 0 Å². The zero-order chi connectivity index (χ0) is 64.5. The third-order valence-corrected chi connectivity index (χ3v) is 17.9. The highest BCUT2D eigenvalue weighted by Gasteiger charge is 2.30. The second-order valence-electron chi connectivity index (χ2n) is 25.8. The van der Waals surface area contributed by atoms with Gasteiger partial charge in [-0.25, -0.2) is 9.13 Å². The number of carbonyl (C=O) groups excluding carboxylic acids is 4. The number of aliphatic hydroxyl groups is 1. The van der Waals surface area contributed by atoms with Crippen molar-refractivity contribution in [2.75, 3.05) is 39.6 Å². The summed E-state index contributed by atoms with van der Waals surface area (Å²) in [6.45, 7) is 11.8. The molecule has 0 heterocycles. The molecule has 0 saturated heterocycles. The smallest absolute Gasteiger partial charge is 0.462 e. The van der Waals surface area contributed by atoms with E-state index in [1.807, 2.05) is 0 Å². The van der Waals surface area contributed by atoms with Crippen LogP contribution in [0.2, 0.25) is 0 Å². The number of aliphatic hydroxyl groups excluding tert-OH is 1. The second kappa shape index (κ2) is 59.1. The number of hydrogen-bond acceptors (Lipinski definition) is 15. The van der Waals surface area contributed by atoms with Gasteiger partial charge in [0.15, 0.2) is 12.2 Å². The highest BCUT2D eigenvalue weighted by molar-refractivity contribution is 7.47. The number of rotatable bonds is 66. The monoisotopic (exact) mass is 1280 g/mol. The molecule has 3 unspecified atom stereocenters. The predicted octanol–water partition coefficient (Wildman–Crippen LogP) is 19.1. The Kier molecular flexibility index (Phi) is 57.8. The molecule has 0 fully saturated rings. The minimum absolute atomic E-state index is 0.104. The first kappa shape index (κ1) is 85.1. The van der Waals surface area contributed by atoms with E-state index in [2.05, 4.69) is 48.5 Å². The van der Waals surface area contributed by atoms with E-state index < -0.39 is 97.5 Å². The summed E-state index contributed by atoms with van der Waals surface area (Å²) < 4.78 is 68.1. The molecule has 0 radical (unpaired) electrons. The maximum Gasteiger partial charge on any atom is 0.472 e. The van der Waals surface area contributed by atoms with Gasteiger partial charge in [0.25, 0.3) is 0 Å². The lowest BCUT2D eigenvalue weighted by Gasteiger charge is -2.21. The molecule has 0 aromatic carbocycles. The molecule has 0 bridgehead atoms. The van der Waals surface area contributed by atoms with E-state index in [0.29, 0.717) is 25.7 Å². The molecule has 0 aliphatic rings. The van der Waals surface area contributed by atoms with E-state index in [1.165, 1.54) is 135 Å². The van der Waals surface area contributed by atoms with E-state index in [9.17, 15) is 43.2 Å². The minimum atomic E-state index is -4.95. The second-order valence-corrected chi connectivity index (χ2v) is 28.7. The van der Waals surface area contributed by atoms with Crippen LogP contribution in [-0.4, -0.2) is 96.7 Å². The molecule has 19 heteroatoms. The molecule has 0 rings (SSSR count). The topological polar surface area (TPSA) is 237 Å². The number of unbranched alkanes of at least 4 members (excludes halogenated alkanes) is 33. The fourth-order valence-corrected chi connectivity index (χ4v) is 11.7. The van der Waals surface area contributed by atoms with E-state index in [1.54, 1.807) is 0 Å². The molecule has 0 spiro atoms. The number of esters is 4. The number of ether oxygens (including phenoxy) is 4. The Morgan fingerprint density at radius 2 is 0.586 bits per heavy atom. The van der Waals surface area contributed by atoms with Crippen molar-refractivity contribution in [1.29, 1.82) is 0 Å². The van der Waals surface area contributed by atoms with Gasteiger partial charge in [0, 0.05) is 25.7 Å². The van der Waals surface area contributed by atoms with Gasteiger partial charge in [0.2, 0.25) is 0 Å². The Labute approximate surface area is 530 Å². The summed E-state index contributed by atoms with van der Waals surface area (Å²) in [4.78, 5) is 72.3. The van der Waals surface area contributed by atoms with Crippen LogP contribution in [-0.2, 0) is 65.4 Å². The Bertz CT molecular complexity index is 1720. The van der Waals surface area contributed by atoms with Crippen LogP contribution in [0.15, 0.2) is 0 Å². The number of phosphoric ester groups is 2. The van der Waals surface area contributed by atoms with Crippen LogP contribution in [0.25, 0.3) is 0 Å². The Morgan fingerprint density at radius 1 is 0.333 bits per heavy atom. The molecule has 87 heavy (non-hydrogen) atoms. The van der Waals surface area contributed by atoms with E-state index in [-0.39, 0.29) is 25.7 Å². The summed E-state index contributed by atoms with van der Waals surface area (Å²) in [5.74, 6) is 0.156. The van der Waals surface area contributed by atoms with Crippen molar-refractivity contribution < 1.29 is 80.2 Å². The summed E-state index contributed by atoms with van der Waals surface area (Å²) >= 11 is 0. The fourth-order valence-electron chi connectivity index (χ4n) is 10.2. The third-order valence-electron chi connectivity index (χ3n) is 16.0. The van der Waals surface area contributed by atoms with Crippen molar-refractivity contribution in [2.24, 2.45) is 17.8 Å². The molecular formula is C68H132O17P2. The Hall–Kier alpha value is -1.94. The third kappa shape index (κ3) is 61.3. The maximum absolute atomic E-state index is 13.0. The van der Waals surface area contributed by atoms with Crippen LogP contribution >= 0.6 is 15.6 Å². The SMILES string of the molecule is CCCCCCCCCC(=O)OC[C@H](COP(=O)(O)OC[C@H](O)COP(=O)(O)OC[C@@H](COC(=O)CCCCCCCCCCC(C)CC)OC(=O)CCCCCCCCCCCCCCCCC(C)C)OC(=O)CCCCCCCCCCC(C)C. The average molecular weight is 1280 g/mol. The number of phosphoric acid groups is 2. The standard InChI is InChI=1S/C68H132O17P2/c1-8-10-11-12-25-35-42-49-65(70)78-55-63(85-68(73)52-45-38-31-23-21-27-33-40-47-60(5)6)57-82-86(74,75)80-53-62(69)54-81-87(76,77)83-58-64(56-79-66(71)50-43-36-29-24-22-28-34-41-48-61(7)9-2)84-67(72)51-44-37-30-20-18-16-14-13-15-17-19-26-32-39-46-59(3)4/h59-64,69H,8-58H2,1-7H3,(H,74,75)(H,76,77)/t61?,62-,63+,64+/m0/s1. The number of carbonyl (C=O) groups is 4. The average Bonchev–Trinajstić information content (AvgIpc) is 3.56. The lowest BCUT2D eigenvalue weighted by atomic mass is 9.99. The van der Waals surface area contributed by atoms with Gasteiger partial charge in [-0.2, -0.15) is 0 Å². The van der Waals surface area contributed by atoms with Crippen LogP contribution in [0.5, 0.6) is 0 Å². The lowest BCUT2D eigenvalue weighted by Crippen LogP contribution is -2.30. The molecule has 0 saturated carbocycles. The van der Waals surface area contributed by atoms with Crippen molar-refractivity contribution in [1.82, 2.24) is 0 Å². The summed E-state index contributed by atoms with van der Waals surface area (Å²) in [7, 11) is -9.89. The van der Waals surface area contributed by atoms with Crippen molar-refractivity contribution in [3.05, 3.63) is 0 Å². The van der Waals surface area contributed by atoms with E-state index in [4.69, 9.17) is 37.0 Å². The Morgan fingerprint density at radius 3 is 0.874 bits per heavy atom. The van der Waals surface area contributed by atoms with Gasteiger partial charge in [-0.3, -0.25) is 37.3 Å². The van der Waals surface area contributed by atoms with Gasteiger partial charge in [-0.1, -0.05) is 286 Å². The van der Waals surface area contributed by atoms with Gasteiger partial charge in [-0.15, -0.1) is 0 Å². The molecule has 0 aliphatic carbocycles. The first-order valence-electron chi connectivity index (χ1n) is 35.4. The molecule has 0 aliphatic heterocycles. The summed E-state index contributed by atoms with van der Waals surface area (Å²) in [5, 5.41) is 10.6. The van der Waals surface area contributed by atoms with Gasteiger partial charge in [-0.05, 0) is 43.4 Å². The lowest BCUT2D eigenvalue weighted by molar-refractivity contribution is -0.161. The molecule has 516 valence electrons. The van der Waals surface area contributed by atoms with Gasteiger partial charge >= 0.3 is 39.5 Å². The molecule has 0 aromatic heterocycles. The molecule has 0 aromatic rings. The van der Waals surface area contributed by atoms with Crippen molar-refractivity contribution in [3.63, 3.8) is 0 Å². The molecular weight excluding hydrogens is 1150 g/mol. The zero-order valence-electron chi connectivity index (χ0n) is 56.5. The quantitative estimate of drug-likeness (QED) is 0.0222. The highest BCUT2D eigenvalue weighted by Crippen LogP contribution is 2.45. The van der Waals surface area contributed by atoms with Gasteiger partial charge in [0.1, 0.15) is 19.3 Å². The Balaban J connectivity index is 5.21. The molecule has 0 amide bonds. The minimum Gasteiger partial charge on any atom is -0.462 e. The fraction of sp³-hybridized carbons (Fsp3) is 0.941. The van der Waals surface area contributed by atoms with Gasteiger partial charge in [0.05, 0.1) is 26.4 Å². The maximum atomic E-state index is 13.0. The summed E-state index contributed by atoms with van der Waals surface area (Å²) in [6, 6.07) is 0. The first-order chi connectivity index (χ1) is 41.8. The van der Waals surface area contributed by atoms with E-state index >= 15 is 0 Å². The highest BCUT2D eigenvalue weighted by atomic mass is 31.2. The van der Waals surface area contributed by atoms with Crippen LogP contribution in [0.4, 0.5) is 0 Å². The van der Waals surface area contributed by atoms with Crippen LogP contribution in [0.3, 0.4) is 0 Å². The predicted molar refractivity (Wildman–Crippen MR) is 349 cm³/mol. The van der Waals surface area contributed by atoms with Crippen molar-refractivity contribution >= 4 is 39.5 Å². The molecule has 17 nitrogen and oxygen atoms in total. The van der Waals surface area contributed by atoms with Gasteiger partial charge < -0.3 is 33.8 Å².